The average molecular weight is 276 g/mol. The number of allylic oxidation sites excluding steroid dienone is 4. The molecular weight excluding hydrogens is 256 g/mol. The summed E-state index contributed by atoms with van der Waals surface area (Å²) in [5, 5.41) is 0. The number of pyridine rings is 2. The van der Waals surface area contributed by atoms with E-state index in [0.29, 0.717) is 0 Å². The monoisotopic (exact) mass is 276 g/mol. The molecule has 2 aliphatic heterocycles. The standard InChI is InChI=1S/C19H16N2/c1-3-15-13-17-9-5-7-11-20(17)19(15)16(4-2)14-18-10-6-8-12-21(18)19/h3-14H,1-2H2/q+2/i1T,3T. The molecule has 0 N–H and O–H groups in total. The molecular formula is C19H16N2+2. The molecule has 0 bridgehead atoms. The van der Waals surface area contributed by atoms with Crippen LogP contribution < -0.4 is 9.13 Å². The maximum atomic E-state index is 8.31. The van der Waals surface area contributed by atoms with Gasteiger partial charge in [-0.15, -0.1) is 9.13 Å². The zero-order chi connectivity index (χ0) is 16.0. The van der Waals surface area contributed by atoms with Gasteiger partial charge in [-0.1, -0.05) is 25.3 Å². The van der Waals surface area contributed by atoms with Gasteiger partial charge in [-0.2, -0.15) is 0 Å². The minimum atomic E-state index is -0.677. The molecule has 1 unspecified atom stereocenters. The van der Waals surface area contributed by atoms with Crippen LogP contribution in [0.4, 0.5) is 0 Å². The summed E-state index contributed by atoms with van der Waals surface area (Å²) < 4.78 is 20.2. The van der Waals surface area contributed by atoms with Crippen molar-refractivity contribution >= 4 is 12.2 Å². The molecule has 2 heteroatoms. The summed E-state index contributed by atoms with van der Waals surface area (Å²) in [6.07, 6.45) is 9.95. The molecule has 2 aromatic heterocycles. The highest BCUT2D eigenvalue weighted by Gasteiger charge is 2.62. The first-order valence-corrected chi connectivity index (χ1v) is 6.88. The van der Waals surface area contributed by atoms with Crippen LogP contribution in [0, 0.1) is 0 Å². The molecule has 0 amide bonds. The third kappa shape index (κ3) is 1.32. The first-order valence-electron chi connectivity index (χ1n) is 7.96. The Morgan fingerprint density at radius 2 is 1.62 bits per heavy atom. The Kier molecular flexibility index (Phi) is 1.98. The second-order valence-electron chi connectivity index (χ2n) is 5.17. The fourth-order valence-electron chi connectivity index (χ4n) is 3.40. The molecule has 0 saturated heterocycles. The Hall–Kier alpha value is -2.74. The van der Waals surface area contributed by atoms with Gasteiger partial charge in [0.15, 0.2) is 12.4 Å². The van der Waals surface area contributed by atoms with Gasteiger partial charge >= 0.3 is 5.66 Å². The maximum Gasteiger partial charge on any atom is 0.416 e. The van der Waals surface area contributed by atoms with Gasteiger partial charge < -0.3 is 0 Å². The molecule has 21 heavy (non-hydrogen) atoms. The molecule has 0 radical (unpaired) electrons. The van der Waals surface area contributed by atoms with Crippen molar-refractivity contribution in [2.24, 2.45) is 0 Å². The summed E-state index contributed by atoms with van der Waals surface area (Å²) in [7, 11) is 0. The highest BCUT2D eigenvalue weighted by molar-refractivity contribution is 5.65. The third-order valence-corrected chi connectivity index (χ3v) is 4.23. The van der Waals surface area contributed by atoms with E-state index in [1.54, 1.807) is 0 Å². The Balaban J connectivity index is 2.14. The predicted octanol–water partition coefficient (Wildman–Crippen LogP) is 2.63. The molecule has 0 saturated carbocycles. The van der Waals surface area contributed by atoms with E-state index in [4.69, 9.17) is 2.74 Å². The molecule has 4 rings (SSSR count). The number of nitrogens with zero attached hydrogens (tertiary/aromatic N) is 2. The topological polar surface area (TPSA) is 7.76 Å². The highest BCUT2D eigenvalue weighted by Crippen LogP contribution is 2.38. The van der Waals surface area contributed by atoms with Crippen LogP contribution in [0.2, 0.25) is 0 Å². The maximum absolute atomic E-state index is 8.31. The van der Waals surface area contributed by atoms with Gasteiger partial charge in [-0.05, 0) is 12.1 Å². The summed E-state index contributed by atoms with van der Waals surface area (Å²) >= 11 is 0. The van der Waals surface area contributed by atoms with Crippen LogP contribution in [-0.2, 0) is 5.66 Å². The second-order valence-corrected chi connectivity index (χ2v) is 5.17. The molecule has 0 fully saturated rings. The molecule has 2 nitrogen and oxygen atoms in total. The van der Waals surface area contributed by atoms with Gasteiger partial charge in [0.05, 0.1) is 2.74 Å². The normalized spacial score (nSPS) is 23.9. The number of aromatic nitrogens is 2. The van der Waals surface area contributed by atoms with Crippen LogP contribution in [0.3, 0.4) is 0 Å². The van der Waals surface area contributed by atoms with Gasteiger partial charge in [0.2, 0.25) is 11.4 Å². The molecule has 1 atom stereocenters. The number of hydrogen-bond donors (Lipinski definition) is 0. The minimum Gasteiger partial charge on any atom is -0.126 e. The Morgan fingerprint density at radius 3 is 2.19 bits per heavy atom. The average Bonchev–Trinajstić information content (AvgIpc) is 3.12. The van der Waals surface area contributed by atoms with E-state index in [-0.39, 0.29) is 6.05 Å². The molecule has 100 valence electrons. The fraction of sp³-hybridized carbons (Fsp3) is 0.0526. The smallest absolute Gasteiger partial charge is 0.126 e. The summed E-state index contributed by atoms with van der Waals surface area (Å²) in [4.78, 5) is 0. The Labute approximate surface area is 127 Å². The van der Waals surface area contributed by atoms with E-state index in [1.807, 2.05) is 60.9 Å². The third-order valence-electron chi connectivity index (χ3n) is 4.23. The predicted molar refractivity (Wildman–Crippen MR) is 83.0 cm³/mol. The van der Waals surface area contributed by atoms with Gasteiger partial charge in [-0.25, -0.2) is 0 Å². The van der Waals surface area contributed by atoms with Crippen molar-refractivity contribution in [3.63, 3.8) is 0 Å². The second kappa shape index (κ2) is 4.13. The zero-order valence-corrected chi connectivity index (χ0v) is 11.5. The van der Waals surface area contributed by atoms with Gasteiger partial charge in [0, 0.05) is 36.4 Å². The van der Waals surface area contributed by atoms with Crippen molar-refractivity contribution in [3.05, 3.63) is 96.6 Å². The summed E-state index contributed by atoms with van der Waals surface area (Å²) in [5.74, 6) is 0. The summed E-state index contributed by atoms with van der Waals surface area (Å²) in [6.45, 7) is 5.09. The Bertz CT molecular complexity index is 911. The zero-order valence-electron chi connectivity index (χ0n) is 13.5. The Morgan fingerprint density at radius 1 is 1.00 bits per heavy atom. The van der Waals surface area contributed by atoms with Crippen molar-refractivity contribution in [3.8, 4) is 0 Å². The van der Waals surface area contributed by atoms with Crippen molar-refractivity contribution in [2.75, 3.05) is 0 Å². The van der Waals surface area contributed by atoms with E-state index in [9.17, 15) is 0 Å². The van der Waals surface area contributed by atoms with E-state index < -0.39 is 5.66 Å². The molecule has 2 aromatic rings. The summed E-state index contributed by atoms with van der Waals surface area (Å²) in [6, 6.07) is 12.2. The lowest BCUT2D eigenvalue weighted by molar-refractivity contribution is -0.966. The molecule has 1 spiro atoms. The van der Waals surface area contributed by atoms with Gasteiger partial charge in [0.25, 0.3) is 0 Å². The van der Waals surface area contributed by atoms with Crippen molar-refractivity contribution in [1.29, 1.82) is 0 Å². The van der Waals surface area contributed by atoms with E-state index in [0.717, 1.165) is 29.1 Å². The van der Waals surface area contributed by atoms with E-state index in [1.165, 1.54) is 0 Å². The minimum absolute atomic E-state index is 0.200. The van der Waals surface area contributed by atoms with Gasteiger partial charge in [-0.3, -0.25) is 0 Å². The lowest BCUT2D eigenvalue weighted by Gasteiger charge is -2.18. The van der Waals surface area contributed by atoms with Crippen LogP contribution in [-0.4, -0.2) is 0 Å². The number of fused-ring (bicyclic) bond motifs is 4. The van der Waals surface area contributed by atoms with Crippen LogP contribution in [0.5, 0.6) is 0 Å². The number of rotatable bonds is 2. The quantitative estimate of drug-likeness (QED) is 0.745. The van der Waals surface area contributed by atoms with Crippen LogP contribution >= 0.6 is 0 Å². The van der Waals surface area contributed by atoms with Crippen molar-refractivity contribution < 1.29 is 11.9 Å². The van der Waals surface area contributed by atoms with Crippen LogP contribution in [0.25, 0.3) is 12.2 Å². The largest absolute Gasteiger partial charge is 0.416 e. The van der Waals surface area contributed by atoms with E-state index >= 15 is 0 Å². The van der Waals surface area contributed by atoms with E-state index in [2.05, 4.69) is 21.8 Å². The first-order chi connectivity index (χ1) is 11.2. The number of hydrogen-bond acceptors (Lipinski definition) is 0. The van der Waals surface area contributed by atoms with Crippen molar-refractivity contribution in [1.82, 2.24) is 0 Å². The molecule has 0 aliphatic carbocycles. The lowest BCUT2D eigenvalue weighted by atomic mass is 9.93. The molecule has 4 heterocycles. The van der Waals surface area contributed by atoms with Crippen LogP contribution in [0.1, 0.15) is 14.1 Å². The lowest BCUT2D eigenvalue weighted by Crippen LogP contribution is -2.72. The van der Waals surface area contributed by atoms with Crippen molar-refractivity contribution in [2.45, 2.75) is 5.66 Å². The molecule has 0 aromatic carbocycles. The SMILES string of the molecule is [3H]C=C([3H])C1=Cc2cccc[n+]2C12C(C=C)=Cc1cccc[n+]12. The van der Waals surface area contributed by atoms with Crippen LogP contribution in [0.15, 0.2) is 85.2 Å². The fourth-order valence-corrected chi connectivity index (χ4v) is 3.40. The van der Waals surface area contributed by atoms with Gasteiger partial charge in [0.1, 0.15) is 11.1 Å². The first kappa shape index (κ1) is 10.1. The summed E-state index contributed by atoms with van der Waals surface area (Å²) in [5.41, 5.74) is 3.15. The molecule has 2 aliphatic rings. The highest BCUT2D eigenvalue weighted by atomic mass is 15.3.